The molecule has 3 nitrogen and oxygen atoms in total. The second-order valence-corrected chi connectivity index (χ2v) is 17.2. The van der Waals surface area contributed by atoms with Gasteiger partial charge in [-0.25, -0.2) is 0 Å². The quantitative estimate of drug-likeness (QED) is 0.132. The van der Waals surface area contributed by atoms with Crippen LogP contribution in [0.1, 0.15) is 0 Å². The van der Waals surface area contributed by atoms with Crippen molar-refractivity contribution in [2.24, 2.45) is 0 Å². The molecule has 1 radical (unpaired) electrons. The van der Waals surface area contributed by atoms with Gasteiger partial charge in [0, 0.05) is 32.5 Å². The Morgan fingerprint density at radius 3 is 2.13 bits per heavy atom. The van der Waals surface area contributed by atoms with E-state index in [-0.39, 0.29) is 20.1 Å². The fourth-order valence-electron chi connectivity index (χ4n) is 5.54. The molecule has 0 saturated carbocycles. The Balaban J connectivity index is 0.000000187. The van der Waals surface area contributed by atoms with Crippen molar-refractivity contribution < 1.29 is 24.5 Å². The Labute approximate surface area is 284 Å². The summed E-state index contributed by atoms with van der Waals surface area (Å²) in [5.74, 6) is 0. The van der Waals surface area contributed by atoms with E-state index in [1.807, 2.05) is 67.0 Å². The third-order valence-corrected chi connectivity index (χ3v) is 10.1. The van der Waals surface area contributed by atoms with E-state index in [1.54, 1.807) is 0 Å². The maximum atomic E-state index is 6.18. The number of pyridine rings is 2. The number of hydrogen-bond acceptors (Lipinski definition) is 3. The van der Waals surface area contributed by atoms with Crippen LogP contribution in [-0.4, -0.2) is 18.0 Å². The van der Waals surface area contributed by atoms with Crippen LogP contribution in [0.2, 0.25) is 19.6 Å². The van der Waals surface area contributed by atoms with Gasteiger partial charge in [-0.05, 0) is 49.9 Å². The second kappa shape index (κ2) is 13.4. The van der Waals surface area contributed by atoms with Crippen LogP contribution in [0.25, 0.3) is 66.4 Å². The molecule has 5 aromatic carbocycles. The van der Waals surface area contributed by atoms with Crippen LogP contribution in [0.4, 0.5) is 0 Å². The van der Waals surface area contributed by atoms with Crippen LogP contribution >= 0.6 is 0 Å². The van der Waals surface area contributed by atoms with Crippen molar-refractivity contribution in [3.63, 3.8) is 0 Å². The predicted molar refractivity (Wildman–Crippen MR) is 190 cm³/mol. The predicted octanol–water partition coefficient (Wildman–Crippen LogP) is 10.4. The Bertz CT molecular complexity index is 2240. The molecule has 8 rings (SSSR count). The molecule has 227 valence electrons. The first-order chi connectivity index (χ1) is 21.9. The second-order valence-electron chi connectivity index (χ2n) is 12.1. The summed E-state index contributed by atoms with van der Waals surface area (Å²) in [6.07, 6.45) is 3.93. The van der Waals surface area contributed by atoms with Crippen LogP contribution in [0.15, 0.2) is 144 Å². The zero-order valence-electron chi connectivity index (χ0n) is 25.9. The molecule has 0 aliphatic rings. The molecule has 46 heavy (non-hydrogen) atoms. The molecule has 0 unspecified atom stereocenters. The molecule has 0 fully saturated rings. The molecule has 0 bridgehead atoms. The molecule has 5 heteroatoms. The van der Waals surface area contributed by atoms with Crippen LogP contribution in [0, 0.1) is 12.1 Å². The van der Waals surface area contributed by atoms with Crippen LogP contribution in [-0.2, 0) is 20.1 Å². The molecule has 3 heterocycles. The molecule has 3 aromatic heterocycles. The van der Waals surface area contributed by atoms with Gasteiger partial charge in [0.05, 0.1) is 13.7 Å². The summed E-state index contributed by atoms with van der Waals surface area (Å²) in [4.78, 5) is 9.15. The van der Waals surface area contributed by atoms with Gasteiger partial charge in [0.1, 0.15) is 5.58 Å². The fraction of sp³-hybridized carbons (Fsp3) is 0.0732. The molecule has 0 saturated heterocycles. The minimum absolute atomic E-state index is 0. The summed E-state index contributed by atoms with van der Waals surface area (Å²) < 4.78 is 6.18. The Morgan fingerprint density at radius 1 is 0.630 bits per heavy atom. The first-order valence-corrected chi connectivity index (χ1v) is 18.7. The summed E-state index contributed by atoms with van der Waals surface area (Å²) in [6, 6.07) is 50.1. The van der Waals surface area contributed by atoms with Gasteiger partial charge < -0.3 is 14.4 Å². The standard InChI is InChI=1S/C27H16NO.C14H16NSi.Ir/c1-2-7-18(8-3-1)22-11-6-12-25-27(22)23-14-13-20(16-26(23)29-25)24-15-19-9-4-5-10-21(19)17-28-24;1-16(2,3)13-9-10-14(15-11-13)12-7-5-4-6-8-12;/h1-15,17H;4-7,9-11H,1-3H3;/q2*-1;. The Morgan fingerprint density at radius 2 is 1.39 bits per heavy atom. The molecule has 0 spiro atoms. The molecular weight excluding hydrogens is 757 g/mol. The van der Waals surface area contributed by atoms with E-state index in [1.165, 1.54) is 21.7 Å². The third-order valence-electron chi connectivity index (χ3n) is 8.02. The zero-order valence-corrected chi connectivity index (χ0v) is 29.3. The minimum atomic E-state index is -1.23. The molecule has 0 amide bonds. The molecule has 0 aliphatic carbocycles. The van der Waals surface area contributed by atoms with Crippen LogP contribution in [0.3, 0.4) is 0 Å². The van der Waals surface area contributed by atoms with Crippen molar-refractivity contribution in [1.82, 2.24) is 9.97 Å². The molecule has 0 N–H and O–H groups in total. The van der Waals surface area contributed by atoms with E-state index in [4.69, 9.17) is 4.42 Å². The SMILES string of the molecule is C[Si](C)(C)c1ccc(-c2[c-]cccc2)nc1.[Ir].[c-]1c(-c2cc3ccccc3cn2)ccc2c1oc1cccc(-c3ccccc3)c12. The van der Waals surface area contributed by atoms with Gasteiger partial charge in [-0.2, -0.15) is 0 Å². The van der Waals surface area contributed by atoms with Crippen molar-refractivity contribution >= 4 is 46.0 Å². The van der Waals surface area contributed by atoms with Gasteiger partial charge in [0.15, 0.2) is 0 Å². The normalized spacial score (nSPS) is 11.2. The van der Waals surface area contributed by atoms with Crippen LogP contribution < -0.4 is 5.19 Å². The van der Waals surface area contributed by atoms with E-state index in [2.05, 4.69) is 115 Å². The third kappa shape index (κ3) is 6.49. The van der Waals surface area contributed by atoms with Crippen molar-refractivity contribution in [2.45, 2.75) is 19.6 Å². The summed E-state index contributed by atoms with van der Waals surface area (Å²) >= 11 is 0. The van der Waals surface area contributed by atoms with E-state index >= 15 is 0 Å². The number of furan rings is 1. The zero-order chi connectivity index (χ0) is 30.8. The maximum Gasteiger partial charge on any atom is 0.124 e. The number of aromatic nitrogens is 2. The average molecular weight is 789 g/mol. The Hall–Kier alpha value is -4.67. The molecule has 0 atom stereocenters. The number of hydrogen-bond donors (Lipinski definition) is 0. The van der Waals surface area contributed by atoms with E-state index in [0.717, 1.165) is 49.8 Å². The van der Waals surface area contributed by atoms with E-state index < -0.39 is 8.07 Å². The smallest absolute Gasteiger partial charge is 0.124 e. The van der Waals surface area contributed by atoms with Gasteiger partial charge in [-0.1, -0.05) is 116 Å². The summed E-state index contributed by atoms with van der Waals surface area (Å²) in [5.41, 5.74) is 7.88. The Kier molecular flexibility index (Phi) is 9.09. The monoisotopic (exact) mass is 789 g/mol. The van der Waals surface area contributed by atoms with Gasteiger partial charge >= 0.3 is 0 Å². The molecule has 0 aliphatic heterocycles. The first-order valence-electron chi connectivity index (χ1n) is 15.2. The van der Waals surface area contributed by atoms with E-state index in [0.29, 0.717) is 0 Å². The number of benzene rings is 5. The van der Waals surface area contributed by atoms with Crippen molar-refractivity contribution in [1.29, 1.82) is 0 Å². The van der Waals surface area contributed by atoms with Crippen molar-refractivity contribution in [3.05, 3.63) is 152 Å². The van der Waals surface area contributed by atoms with Gasteiger partial charge in [0.2, 0.25) is 0 Å². The van der Waals surface area contributed by atoms with Crippen molar-refractivity contribution in [3.8, 4) is 33.6 Å². The molecular formula is C41H32IrN2OSi-2. The number of nitrogens with zero attached hydrogens (tertiary/aromatic N) is 2. The van der Waals surface area contributed by atoms with E-state index in [9.17, 15) is 0 Å². The summed E-state index contributed by atoms with van der Waals surface area (Å²) in [7, 11) is -1.23. The first kappa shape index (κ1) is 31.3. The number of fused-ring (bicyclic) bond motifs is 4. The average Bonchev–Trinajstić information content (AvgIpc) is 3.47. The van der Waals surface area contributed by atoms with Gasteiger partial charge in [-0.15, -0.1) is 53.6 Å². The molecule has 8 aromatic rings. The van der Waals surface area contributed by atoms with Gasteiger partial charge in [-0.3, -0.25) is 0 Å². The number of rotatable bonds is 4. The summed E-state index contributed by atoms with van der Waals surface area (Å²) in [6.45, 7) is 7.00. The van der Waals surface area contributed by atoms with Gasteiger partial charge in [0.25, 0.3) is 0 Å². The summed E-state index contributed by atoms with van der Waals surface area (Å²) in [5, 5.41) is 5.90. The minimum Gasteiger partial charge on any atom is -0.477 e. The fourth-order valence-corrected chi connectivity index (χ4v) is 6.58. The van der Waals surface area contributed by atoms with Crippen molar-refractivity contribution in [2.75, 3.05) is 0 Å². The van der Waals surface area contributed by atoms with Crippen LogP contribution in [0.5, 0.6) is 0 Å². The largest absolute Gasteiger partial charge is 0.477 e. The topological polar surface area (TPSA) is 38.9 Å². The maximum absolute atomic E-state index is 6.18.